The van der Waals surface area contributed by atoms with E-state index in [1.165, 1.54) is 11.0 Å². The highest BCUT2D eigenvalue weighted by Gasteiger charge is 2.07. The molecule has 0 aliphatic rings. The maximum Gasteiger partial charge on any atom is 0.255 e. The molecule has 2 aromatic rings. The molecule has 2 aromatic carbocycles. The number of aryl methyl sites for hydroxylation is 3. The molecule has 3 nitrogen and oxygen atoms in total. The number of sulfonamides is 1. The van der Waals surface area contributed by atoms with Crippen molar-refractivity contribution in [2.75, 3.05) is 4.72 Å². The smallest absolute Gasteiger partial charge is 0.255 e. The van der Waals surface area contributed by atoms with E-state index < -0.39 is 10.0 Å². The summed E-state index contributed by atoms with van der Waals surface area (Å²) in [5.41, 5.74) is 4.76. The minimum absolute atomic E-state index is 0.533. The molecular weight excluding hydrogens is 362 g/mol. The molecule has 0 aliphatic heterocycles. The molecule has 2 rings (SSSR count). The summed E-state index contributed by atoms with van der Waals surface area (Å²) < 4.78 is 27.7. The Kier molecular flexibility index (Phi) is 5.08. The lowest BCUT2D eigenvalue weighted by atomic mass is 10.0. The van der Waals surface area contributed by atoms with Crippen LogP contribution >= 0.6 is 15.9 Å². The zero-order valence-electron chi connectivity index (χ0n) is 12.7. The van der Waals surface area contributed by atoms with Crippen LogP contribution in [0, 0.1) is 20.8 Å². The molecule has 0 aromatic heterocycles. The molecule has 5 heteroatoms. The molecule has 22 heavy (non-hydrogen) atoms. The van der Waals surface area contributed by atoms with Crippen LogP contribution in [0.2, 0.25) is 0 Å². The van der Waals surface area contributed by atoms with Gasteiger partial charge in [-0.1, -0.05) is 33.6 Å². The minimum atomic E-state index is -3.54. The number of benzene rings is 2. The van der Waals surface area contributed by atoms with Gasteiger partial charge in [-0.2, -0.15) is 0 Å². The third kappa shape index (κ3) is 4.45. The largest absolute Gasteiger partial charge is 0.280 e. The molecular formula is C17H18BrNO2S. The lowest BCUT2D eigenvalue weighted by molar-refractivity contribution is 0.609. The van der Waals surface area contributed by atoms with E-state index >= 15 is 0 Å². The average molecular weight is 380 g/mol. The lowest BCUT2D eigenvalue weighted by Gasteiger charge is -2.08. The van der Waals surface area contributed by atoms with E-state index in [2.05, 4.69) is 20.7 Å². The van der Waals surface area contributed by atoms with Gasteiger partial charge in [-0.15, -0.1) is 0 Å². The molecule has 0 amide bonds. The second kappa shape index (κ2) is 6.67. The van der Waals surface area contributed by atoms with Crippen LogP contribution in [0.5, 0.6) is 0 Å². The van der Waals surface area contributed by atoms with Gasteiger partial charge in [0.2, 0.25) is 0 Å². The van der Waals surface area contributed by atoms with Crippen molar-refractivity contribution in [1.29, 1.82) is 0 Å². The Labute approximate surface area is 140 Å². The normalized spacial score (nSPS) is 11.8. The first-order valence-electron chi connectivity index (χ1n) is 6.81. The molecule has 0 spiro atoms. The van der Waals surface area contributed by atoms with Crippen molar-refractivity contribution in [2.24, 2.45) is 0 Å². The molecule has 116 valence electrons. The number of nitrogens with one attached hydrogen (secondary N) is 1. The highest BCUT2D eigenvalue weighted by molar-refractivity contribution is 9.10. The summed E-state index contributed by atoms with van der Waals surface area (Å²) in [6, 6.07) is 11.1. The molecule has 0 radical (unpaired) electrons. The molecule has 0 saturated carbocycles. The van der Waals surface area contributed by atoms with E-state index in [1.807, 2.05) is 32.9 Å². The van der Waals surface area contributed by atoms with E-state index in [0.717, 1.165) is 21.2 Å². The second-order valence-electron chi connectivity index (χ2n) is 5.27. The standard InChI is InChI=1S/C17H18BrNO2S/c1-12-10-13(2)17(14(3)11-12)8-9-22(20,21)19-16-6-4-15(18)5-7-16/h4-11,19H,1-3H3/b9-8+. The Bertz CT molecular complexity index is 786. The average Bonchev–Trinajstić information content (AvgIpc) is 2.40. The van der Waals surface area contributed by atoms with Crippen LogP contribution < -0.4 is 4.72 Å². The minimum Gasteiger partial charge on any atom is -0.280 e. The number of hydrogen-bond donors (Lipinski definition) is 1. The first-order chi connectivity index (χ1) is 10.3. The van der Waals surface area contributed by atoms with Gasteiger partial charge in [-0.3, -0.25) is 4.72 Å². The topological polar surface area (TPSA) is 46.2 Å². The van der Waals surface area contributed by atoms with Gasteiger partial charge < -0.3 is 0 Å². The third-order valence-electron chi connectivity index (χ3n) is 3.26. The van der Waals surface area contributed by atoms with E-state index in [9.17, 15) is 8.42 Å². The summed E-state index contributed by atoms with van der Waals surface area (Å²) in [5, 5.41) is 1.21. The van der Waals surface area contributed by atoms with Crippen molar-refractivity contribution in [3.8, 4) is 0 Å². The highest BCUT2D eigenvalue weighted by Crippen LogP contribution is 2.19. The highest BCUT2D eigenvalue weighted by atomic mass is 79.9. The van der Waals surface area contributed by atoms with Gasteiger partial charge in [0.1, 0.15) is 0 Å². The van der Waals surface area contributed by atoms with Crippen molar-refractivity contribution in [1.82, 2.24) is 0 Å². The molecule has 0 unspecified atom stereocenters. The van der Waals surface area contributed by atoms with Gasteiger partial charge in [0, 0.05) is 10.2 Å². The molecule has 0 heterocycles. The first kappa shape index (κ1) is 16.8. The van der Waals surface area contributed by atoms with E-state index in [1.54, 1.807) is 30.3 Å². The number of anilines is 1. The molecule has 0 fully saturated rings. The number of halogens is 1. The van der Waals surface area contributed by atoms with Crippen molar-refractivity contribution in [2.45, 2.75) is 20.8 Å². The van der Waals surface area contributed by atoms with Crippen molar-refractivity contribution in [3.63, 3.8) is 0 Å². The maximum absolute atomic E-state index is 12.1. The maximum atomic E-state index is 12.1. The summed E-state index contributed by atoms with van der Waals surface area (Å²) in [6.07, 6.45) is 1.64. The molecule has 0 bridgehead atoms. The first-order valence-corrected chi connectivity index (χ1v) is 9.15. The zero-order valence-corrected chi connectivity index (χ0v) is 15.1. The number of rotatable bonds is 4. The van der Waals surface area contributed by atoms with Gasteiger partial charge in [0.05, 0.1) is 5.41 Å². The van der Waals surface area contributed by atoms with Gasteiger partial charge in [-0.05, 0) is 67.8 Å². The van der Waals surface area contributed by atoms with Crippen LogP contribution in [0.3, 0.4) is 0 Å². The summed E-state index contributed by atoms with van der Waals surface area (Å²) in [6.45, 7) is 5.99. The van der Waals surface area contributed by atoms with Crippen LogP contribution in [-0.4, -0.2) is 8.42 Å². The van der Waals surface area contributed by atoms with Crippen molar-refractivity contribution < 1.29 is 8.42 Å². The Balaban J connectivity index is 2.23. The van der Waals surface area contributed by atoms with Crippen LogP contribution in [0.25, 0.3) is 6.08 Å². The molecule has 0 atom stereocenters. The van der Waals surface area contributed by atoms with E-state index in [4.69, 9.17) is 0 Å². The summed E-state index contributed by atoms with van der Waals surface area (Å²) in [7, 11) is -3.54. The second-order valence-corrected chi connectivity index (χ2v) is 7.75. The monoisotopic (exact) mass is 379 g/mol. The van der Waals surface area contributed by atoms with Crippen LogP contribution in [-0.2, 0) is 10.0 Å². The summed E-state index contributed by atoms with van der Waals surface area (Å²) in [4.78, 5) is 0. The number of hydrogen-bond acceptors (Lipinski definition) is 2. The van der Waals surface area contributed by atoms with E-state index in [-0.39, 0.29) is 0 Å². The fraction of sp³-hybridized carbons (Fsp3) is 0.176. The summed E-state index contributed by atoms with van der Waals surface area (Å²) in [5.74, 6) is 0. The lowest BCUT2D eigenvalue weighted by Crippen LogP contribution is -2.08. The quantitative estimate of drug-likeness (QED) is 0.829. The fourth-order valence-electron chi connectivity index (χ4n) is 2.33. The Morgan fingerprint density at radius 3 is 2.09 bits per heavy atom. The zero-order chi connectivity index (χ0) is 16.3. The van der Waals surface area contributed by atoms with Crippen LogP contribution in [0.1, 0.15) is 22.3 Å². The Hall–Kier alpha value is -1.59. The molecule has 0 saturated heterocycles. The van der Waals surface area contributed by atoms with Gasteiger partial charge in [-0.25, -0.2) is 8.42 Å². The van der Waals surface area contributed by atoms with Crippen molar-refractivity contribution in [3.05, 3.63) is 68.5 Å². The van der Waals surface area contributed by atoms with Gasteiger partial charge in [0.25, 0.3) is 10.0 Å². The summed E-state index contributed by atoms with van der Waals surface area (Å²) >= 11 is 3.32. The van der Waals surface area contributed by atoms with Gasteiger partial charge >= 0.3 is 0 Å². The molecule has 0 aliphatic carbocycles. The SMILES string of the molecule is Cc1cc(C)c(/C=C/S(=O)(=O)Nc2ccc(Br)cc2)c(C)c1. The Morgan fingerprint density at radius 2 is 1.55 bits per heavy atom. The van der Waals surface area contributed by atoms with Crippen LogP contribution in [0.4, 0.5) is 5.69 Å². The molecule has 1 N–H and O–H groups in total. The Morgan fingerprint density at radius 1 is 1.00 bits per heavy atom. The third-order valence-corrected chi connectivity index (χ3v) is 4.80. The van der Waals surface area contributed by atoms with Crippen LogP contribution in [0.15, 0.2) is 46.3 Å². The fourth-order valence-corrected chi connectivity index (χ4v) is 3.44. The van der Waals surface area contributed by atoms with Gasteiger partial charge in [0.15, 0.2) is 0 Å². The predicted octanol–water partition coefficient (Wildman–Crippen LogP) is 4.79. The predicted molar refractivity (Wildman–Crippen MR) is 96.4 cm³/mol. The van der Waals surface area contributed by atoms with E-state index in [0.29, 0.717) is 5.69 Å². The van der Waals surface area contributed by atoms with Crippen molar-refractivity contribution >= 4 is 37.7 Å².